The first kappa shape index (κ1) is 10.2. The molecule has 0 aromatic rings. The lowest BCUT2D eigenvalue weighted by Gasteiger charge is -2.43. The maximum absolute atomic E-state index is 12.0. The Labute approximate surface area is 86.7 Å². The van der Waals surface area contributed by atoms with E-state index in [1.165, 1.54) is 6.42 Å². The van der Waals surface area contributed by atoms with Crippen LogP contribution in [0.15, 0.2) is 0 Å². The van der Waals surface area contributed by atoms with Gasteiger partial charge in [-0.3, -0.25) is 9.69 Å². The van der Waals surface area contributed by atoms with Gasteiger partial charge < -0.3 is 0 Å². The summed E-state index contributed by atoms with van der Waals surface area (Å²) in [5.41, 5.74) is -0.0723. The van der Waals surface area contributed by atoms with Crippen LogP contribution in [-0.4, -0.2) is 29.8 Å². The third kappa shape index (κ3) is 1.40. The summed E-state index contributed by atoms with van der Waals surface area (Å²) in [5.74, 6) is 1.92. The smallest absolute Gasteiger partial charge is 0.154 e. The van der Waals surface area contributed by atoms with Crippen molar-refractivity contribution in [1.82, 2.24) is 4.90 Å². The fourth-order valence-electron chi connectivity index (χ4n) is 3.56. The molecule has 2 rings (SSSR count). The van der Waals surface area contributed by atoms with Crippen LogP contribution in [0.4, 0.5) is 0 Å². The second-order valence-electron chi connectivity index (χ2n) is 5.48. The predicted molar refractivity (Wildman–Crippen MR) is 57.2 cm³/mol. The van der Waals surface area contributed by atoms with Crippen molar-refractivity contribution in [3.05, 3.63) is 0 Å². The average Bonchev–Trinajstić information content (AvgIpc) is 2.32. The zero-order valence-electron chi connectivity index (χ0n) is 9.55. The molecule has 2 fully saturated rings. The van der Waals surface area contributed by atoms with Gasteiger partial charge in [0.1, 0.15) is 0 Å². The molecular formula is C12H21NO. The van der Waals surface area contributed by atoms with Gasteiger partial charge in [0.2, 0.25) is 0 Å². The molecule has 0 amide bonds. The first-order chi connectivity index (χ1) is 6.54. The van der Waals surface area contributed by atoms with Crippen molar-refractivity contribution in [3.63, 3.8) is 0 Å². The highest BCUT2D eigenvalue weighted by atomic mass is 16.1. The predicted octanol–water partition coefficient (Wildman–Crippen LogP) is 2.09. The quantitative estimate of drug-likeness (QED) is 0.590. The number of rotatable bonds is 0. The number of likely N-dealkylation sites (tertiary alicyclic amines) is 1. The molecule has 2 aliphatic rings. The molecule has 1 saturated heterocycles. The van der Waals surface area contributed by atoms with Crippen molar-refractivity contribution in [2.24, 2.45) is 11.8 Å². The molecule has 80 valence electrons. The van der Waals surface area contributed by atoms with Crippen LogP contribution in [0, 0.1) is 11.8 Å². The molecule has 0 bridgehead atoms. The van der Waals surface area contributed by atoms with E-state index >= 15 is 0 Å². The van der Waals surface area contributed by atoms with Gasteiger partial charge in [-0.05, 0) is 38.1 Å². The maximum atomic E-state index is 12.0. The van der Waals surface area contributed by atoms with Gasteiger partial charge in [0.25, 0.3) is 0 Å². The van der Waals surface area contributed by atoms with E-state index in [0.29, 0.717) is 17.6 Å². The number of likely N-dealkylation sites (N-methyl/N-ethyl adjacent to an activating group) is 1. The molecule has 2 nitrogen and oxygen atoms in total. The Morgan fingerprint density at radius 1 is 1.29 bits per heavy atom. The van der Waals surface area contributed by atoms with Crippen LogP contribution >= 0.6 is 0 Å². The average molecular weight is 195 g/mol. The zero-order chi connectivity index (χ0) is 10.3. The molecular weight excluding hydrogens is 174 g/mol. The molecule has 0 N–H and O–H groups in total. The molecule has 0 radical (unpaired) electrons. The summed E-state index contributed by atoms with van der Waals surface area (Å²) < 4.78 is 0. The van der Waals surface area contributed by atoms with E-state index in [1.54, 1.807) is 0 Å². The van der Waals surface area contributed by atoms with Crippen LogP contribution in [0.1, 0.15) is 39.5 Å². The van der Waals surface area contributed by atoms with Crippen molar-refractivity contribution < 1.29 is 4.79 Å². The summed E-state index contributed by atoms with van der Waals surface area (Å²) in [7, 11) is 2.12. The lowest BCUT2D eigenvalue weighted by atomic mass is 9.70. The summed E-state index contributed by atoms with van der Waals surface area (Å²) in [6.45, 7) is 5.55. The minimum absolute atomic E-state index is 0.0723. The highest BCUT2D eigenvalue weighted by molar-refractivity contribution is 5.90. The molecule has 1 heterocycles. The van der Waals surface area contributed by atoms with Gasteiger partial charge in [0, 0.05) is 13.0 Å². The molecule has 1 spiro atoms. The van der Waals surface area contributed by atoms with Gasteiger partial charge in [0.05, 0.1) is 5.54 Å². The van der Waals surface area contributed by atoms with Gasteiger partial charge >= 0.3 is 0 Å². The normalized spacial score (nSPS) is 44.9. The van der Waals surface area contributed by atoms with Crippen LogP contribution in [0.5, 0.6) is 0 Å². The minimum atomic E-state index is -0.0723. The minimum Gasteiger partial charge on any atom is -0.298 e. The number of nitrogens with zero attached hydrogens (tertiary/aromatic N) is 1. The van der Waals surface area contributed by atoms with Gasteiger partial charge in [0.15, 0.2) is 5.78 Å². The molecule has 2 atom stereocenters. The molecule has 1 aliphatic heterocycles. The lowest BCUT2D eigenvalue weighted by Crippen LogP contribution is -2.51. The SMILES string of the molecule is CC1CC(C)CC2(C1)C(=O)CCN2C. The van der Waals surface area contributed by atoms with Crippen LogP contribution in [-0.2, 0) is 4.79 Å². The second-order valence-corrected chi connectivity index (χ2v) is 5.48. The summed E-state index contributed by atoms with van der Waals surface area (Å²) in [6.07, 6.45) is 4.25. The van der Waals surface area contributed by atoms with Crippen LogP contribution < -0.4 is 0 Å². The Kier molecular flexibility index (Phi) is 2.42. The number of Topliss-reactive ketones (excluding diaryl/α,β-unsaturated/α-hetero) is 1. The number of ketones is 1. The Bertz CT molecular complexity index is 239. The van der Waals surface area contributed by atoms with Gasteiger partial charge in [-0.1, -0.05) is 13.8 Å². The van der Waals surface area contributed by atoms with Crippen LogP contribution in [0.25, 0.3) is 0 Å². The number of hydrogen-bond acceptors (Lipinski definition) is 2. The molecule has 2 unspecified atom stereocenters. The molecule has 1 aliphatic carbocycles. The Hall–Kier alpha value is -0.370. The van der Waals surface area contributed by atoms with Crippen molar-refractivity contribution in [2.75, 3.05) is 13.6 Å². The Morgan fingerprint density at radius 3 is 2.29 bits per heavy atom. The molecule has 1 saturated carbocycles. The van der Waals surface area contributed by atoms with E-state index in [4.69, 9.17) is 0 Å². The monoisotopic (exact) mass is 195 g/mol. The Balaban J connectivity index is 2.24. The number of carbonyl (C=O) groups excluding carboxylic acids is 1. The van der Waals surface area contributed by atoms with E-state index < -0.39 is 0 Å². The fourth-order valence-corrected chi connectivity index (χ4v) is 3.56. The van der Waals surface area contributed by atoms with E-state index in [0.717, 1.165) is 25.8 Å². The highest BCUT2D eigenvalue weighted by Gasteiger charge is 2.49. The fraction of sp³-hybridized carbons (Fsp3) is 0.917. The second kappa shape index (κ2) is 3.34. The number of carbonyl (C=O) groups is 1. The highest BCUT2D eigenvalue weighted by Crippen LogP contribution is 2.43. The summed E-state index contributed by atoms with van der Waals surface area (Å²) in [4.78, 5) is 14.3. The van der Waals surface area contributed by atoms with Gasteiger partial charge in [-0.2, -0.15) is 0 Å². The van der Waals surface area contributed by atoms with E-state index in [1.807, 2.05) is 0 Å². The summed E-state index contributed by atoms with van der Waals surface area (Å²) >= 11 is 0. The first-order valence-corrected chi connectivity index (χ1v) is 5.79. The van der Waals surface area contributed by atoms with Crippen molar-refractivity contribution in [2.45, 2.75) is 45.1 Å². The number of hydrogen-bond donors (Lipinski definition) is 0. The van der Waals surface area contributed by atoms with Crippen LogP contribution in [0.3, 0.4) is 0 Å². The van der Waals surface area contributed by atoms with E-state index in [2.05, 4.69) is 25.8 Å². The third-order valence-corrected chi connectivity index (χ3v) is 4.10. The zero-order valence-corrected chi connectivity index (χ0v) is 9.55. The third-order valence-electron chi connectivity index (χ3n) is 4.10. The summed E-state index contributed by atoms with van der Waals surface area (Å²) in [5, 5.41) is 0. The van der Waals surface area contributed by atoms with Crippen molar-refractivity contribution in [3.8, 4) is 0 Å². The molecule has 0 aromatic carbocycles. The standard InChI is InChI=1S/C12H21NO/c1-9-6-10(2)8-12(7-9)11(14)4-5-13(12)3/h9-10H,4-8H2,1-3H3. The summed E-state index contributed by atoms with van der Waals surface area (Å²) in [6, 6.07) is 0. The Morgan fingerprint density at radius 2 is 1.86 bits per heavy atom. The van der Waals surface area contributed by atoms with Crippen molar-refractivity contribution >= 4 is 5.78 Å². The van der Waals surface area contributed by atoms with Crippen LogP contribution in [0.2, 0.25) is 0 Å². The van der Waals surface area contributed by atoms with Crippen molar-refractivity contribution in [1.29, 1.82) is 0 Å². The largest absolute Gasteiger partial charge is 0.298 e. The molecule has 14 heavy (non-hydrogen) atoms. The topological polar surface area (TPSA) is 20.3 Å². The molecule has 2 heteroatoms. The van der Waals surface area contributed by atoms with Gasteiger partial charge in [-0.25, -0.2) is 0 Å². The maximum Gasteiger partial charge on any atom is 0.154 e. The molecule has 0 aromatic heterocycles. The lowest BCUT2D eigenvalue weighted by molar-refractivity contribution is -0.128. The van der Waals surface area contributed by atoms with Gasteiger partial charge in [-0.15, -0.1) is 0 Å². The van der Waals surface area contributed by atoms with E-state index in [-0.39, 0.29) is 5.54 Å². The first-order valence-electron chi connectivity index (χ1n) is 5.79. The van der Waals surface area contributed by atoms with E-state index in [9.17, 15) is 4.79 Å².